The molecule has 0 unspecified atom stereocenters. The lowest BCUT2D eigenvalue weighted by Crippen LogP contribution is -2.26. The van der Waals surface area contributed by atoms with Crippen molar-refractivity contribution in [2.75, 3.05) is 35.2 Å². The molecule has 2 aromatic carbocycles. The minimum absolute atomic E-state index is 0.0347. The minimum Gasteiger partial charge on any atom is -0.369 e. The summed E-state index contributed by atoms with van der Waals surface area (Å²) < 4.78 is 73.5. The lowest BCUT2D eigenvalue weighted by molar-refractivity contribution is -0.0854. The standard InChI is InChI=1S/C45H53ClF3N11O3S/c1-3-4-5-6-7-8-9-10-11-12-13-14-15-16-25-54-64(62,63)34-20-21-37(46)39(29-34)56-44(61)57-42-36(31-53)41-35(30-52)40(45(47,48)49)43(60(41)58-42)55-38-22-19-33(28-32(38)2)59(26-17-23-50)27-18-24-51/h19-22,28-29,54H,3-18,25-27H2,1-2H3,(H2,56,57,58,61). The Morgan fingerprint density at radius 3 is 1.97 bits per heavy atom. The number of halogens is 4. The van der Waals surface area contributed by atoms with Crippen LogP contribution in [-0.2, 0) is 10.0 Å². The molecule has 0 atom stereocenters. The highest BCUT2D eigenvalue weighted by Gasteiger charge is 2.48. The zero-order valence-corrected chi connectivity index (χ0v) is 37.7. The number of nitrogens with zero attached hydrogens (tertiary/aromatic N) is 8. The van der Waals surface area contributed by atoms with E-state index in [-0.39, 0.29) is 40.7 Å². The summed E-state index contributed by atoms with van der Waals surface area (Å²) in [6.45, 7) is 4.65. The van der Waals surface area contributed by atoms with Gasteiger partial charge in [-0.05, 0) is 55.3 Å². The number of alkyl halides is 3. The minimum atomic E-state index is -5.12. The molecular weight excluding hydrogens is 867 g/mol. The fourth-order valence-electron chi connectivity index (χ4n) is 7.27. The Balaban J connectivity index is 1.44. The summed E-state index contributed by atoms with van der Waals surface area (Å²) in [5.74, 6) is -1.34. The molecule has 2 amide bonds. The van der Waals surface area contributed by atoms with Gasteiger partial charge < -0.3 is 10.2 Å². The number of nitrogens with one attached hydrogen (secondary N) is 3. The number of aryl methyl sites for hydroxylation is 1. The average Bonchev–Trinajstić information content (AvgIpc) is 3.76. The Morgan fingerprint density at radius 2 is 1.44 bits per heavy atom. The van der Waals surface area contributed by atoms with E-state index in [1.807, 2.05) is 12.1 Å². The Morgan fingerprint density at radius 1 is 0.844 bits per heavy atom. The molecule has 64 heavy (non-hydrogen) atoms. The average molecular weight is 921 g/mol. The summed E-state index contributed by atoms with van der Waals surface area (Å²) in [7, 11) is -4.00. The maximum absolute atomic E-state index is 14.6. The van der Waals surface area contributed by atoms with Gasteiger partial charge in [-0.2, -0.15) is 34.2 Å². The summed E-state index contributed by atoms with van der Waals surface area (Å²) in [6.07, 6.45) is 11.6. The number of nitriles is 4. The summed E-state index contributed by atoms with van der Waals surface area (Å²) in [5.41, 5.74) is -2.55. The van der Waals surface area contributed by atoms with Crippen molar-refractivity contribution in [2.45, 2.75) is 128 Å². The third-order valence-electron chi connectivity index (χ3n) is 10.6. The number of rotatable bonds is 25. The summed E-state index contributed by atoms with van der Waals surface area (Å²) >= 11 is 6.31. The van der Waals surface area contributed by atoms with Gasteiger partial charge >= 0.3 is 12.2 Å². The third-order valence-corrected chi connectivity index (χ3v) is 12.4. The molecule has 0 aliphatic carbocycles. The molecule has 1 aliphatic rings. The number of hydrogen-bond donors (Lipinski definition) is 3. The molecule has 19 heteroatoms. The molecule has 1 aliphatic heterocycles. The number of carbonyl (C=O) groups is 1. The highest BCUT2D eigenvalue weighted by molar-refractivity contribution is 7.89. The van der Waals surface area contributed by atoms with E-state index in [2.05, 4.69) is 32.4 Å². The highest BCUT2D eigenvalue weighted by Crippen LogP contribution is 2.42. The first-order chi connectivity index (χ1) is 30.7. The zero-order chi connectivity index (χ0) is 46.7. The molecule has 0 fully saturated rings. The third kappa shape index (κ3) is 14.0. The molecule has 0 bridgehead atoms. The number of aromatic nitrogens is 2. The van der Waals surface area contributed by atoms with Gasteiger partial charge in [-0.15, -0.1) is 5.10 Å². The fourth-order valence-corrected chi connectivity index (χ4v) is 8.53. The van der Waals surface area contributed by atoms with Crippen molar-refractivity contribution >= 4 is 61.9 Å². The van der Waals surface area contributed by atoms with Gasteiger partial charge in [0.25, 0.3) is 0 Å². The zero-order valence-electron chi connectivity index (χ0n) is 36.1. The second-order valence-electron chi connectivity index (χ2n) is 15.4. The second kappa shape index (κ2) is 24.8. The number of aliphatic imine (C=N–C) groups is 1. The van der Waals surface area contributed by atoms with Gasteiger partial charge in [-0.1, -0.05) is 102 Å². The van der Waals surface area contributed by atoms with Crippen molar-refractivity contribution in [3.8, 4) is 24.3 Å². The van der Waals surface area contributed by atoms with E-state index in [1.165, 1.54) is 82.1 Å². The van der Waals surface area contributed by atoms with Crippen LogP contribution in [0.1, 0.15) is 126 Å². The topological polar surface area (TPSA) is 216 Å². The number of unbranched alkanes of at least 4 members (excludes halogenated alkanes) is 13. The molecule has 4 rings (SSSR count). The van der Waals surface area contributed by atoms with Crippen molar-refractivity contribution in [1.29, 1.82) is 21.0 Å². The van der Waals surface area contributed by atoms with Gasteiger partial charge in [0.05, 0.1) is 51.8 Å². The molecular formula is C45H53ClF3N11O3S. The number of allylic oxidation sites excluding steroid dienone is 2. The Bertz CT molecular complexity index is 2440. The molecule has 0 saturated heterocycles. The molecule has 0 spiro atoms. The number of amides is 2. The van der Waals surface area contributed by atoms with E-state index in [1.54, 1.807) is 30.0 Å². The molecule has 1 aromatic heterocycles. The predicted molar refractivity (Wildman–Crippen MR) is 241 cm³/mol. The van der Waals surface area contributed by atoms with Crippen molar-refractivity contribution in [3.63, 3.8) is 0 Å². The van der Waals surface area contributed by atoms with Crippen LogP contribution in [0, 0.1) is 52.2 Å². The van der Waals surface area contributed by atoms with Crippen LogP contribution < -0.4 is 20.3 Å². The quantitative estimate of drug-likeness (QED) is 0.0688. The molecule has 14 nitrogen and oxygen atoms in total. The highest BCUT2D eigenvalue weighted by atomic mass is 35.5. The van der Waals surface area contributed by atoms with Gasteiger partial charge in [0.2, 0.25) is 10.0 Å². The van der Waals surface area contributed by atoms with Crippen LogP contribution in [0.15, 0.2) is 51.9 Å². The van der Waals surface area contributed by atoms with Crippen LogP contribution >= 0.6 is 11.6 Å². The molecule has 3 N–H and O–H groups in total. The van der Waals surface area contributed by atoms with E-state index in [0.717, 1.165) is 31.7 Å². The van der Waals surface area contributed by atoms with Crippen LogP contribution in [0.5, 0.6) is 0 Å². The van der Waals surface area contributed by atoms with Gasteiger partial charge in [0.1, 0.15) is 29.0 Å². The Kier molecular flexibility index (Phi) is 19.7. The van der Waals surface area contributed by atoms with Crippen LogP contribution in [0.2, 0.25) is 5.02 Å². The first-order valence-electron chi connectivity index (χ1n) is 21.5. The molecule has 340 valence electrons. The number of fused-ring (bicyclic) bond motifs is 1. The molecule has 2 heterocycles. The number of anilines is 3. The maximum atomic E-state index is 14.6. The first kappa shape index (κ1) is 50.7. The largest absolute Gasteiger partial charge is 0.421 e. The van der Waals surface area contributed by atoms with Gasteiger partial charge in [-0.3, -0.25) is 5.32 Å². The monoisotopic (exact) mass is 919 g/mol. The van der Waals surface area contributed by atoms with E-state index in [9.17, 15) is 36.9 Å². The number of sulfonamides is 1. The van der Waals surface area contributed by atoms with Crippen molar-refractivity contribution in [2.24, 2.45) is 4.99 Å². The maximum Gasteiger partial charge on any atom is 0.421 e. The van der Waals surface area contributed by atoms with Crippen LogP contribution in [0.25, 0.3) is 5.57 Å². The van der Waals surface area contributed by atoms with E-state index in [0.29, 0.717) is 35.4 Å². The number of benzene rings is 2. The predicted octanol–water partition coefficient (Wildman–Crippen LogP) is 11.2. The van der Waals surface area contributed by atoms with Crippen molar-refractivity contribution in [3.05, 3.63) is 63.8 Å². The number of hydrogen-bond acceptors (Lipinski definition) is 10. The summed E-state index contributed by atoms with van der Waals surface area (Å²) in [5, 5.41) is 47.0. The van der Waals surface area contributed by atoms with Gasteiger partial charge in [0.15, 0.2) is 11.7 Å². The van der Waals surface area contributed by atoms with Gasteiger partial charge in [-0.25, -0.2) is 27.6 Å². The summed E-state index contributed by atoms with van der Waals surface area (Å²) in [4.78, 5) is 19.2. The van der Waals surface area contributed by atoms with Crippen LogP contribution in [0.4, 0.5) is 40.8 Å². The van der Waals surface area contributed by atoms with Crippen LogP contribution in [-0.4, -0.2) is 55.9 Å². The smallest absolute Gasteiger partial charge is 0.369 e. The van der Waals surface area contributed by atoms with Crippen LogP contribution in [0.3, 0.4) is 0 Å². The number of urea groups is 1. The van der Waals surface area contributed by atoms with Crippen molar-refractivity contribution in [1.82, 2.24) is 14.5 Å². The first-order valence-corrected chi connectivity index (χ1v) is 23.4. The normalized spacial score (nSPS) is 12.9. The van der Waals surface area contributed by atoms with E-state index < -0.39 is 56.3 Å². The SMILES string of the molecule is CCCCCCCCCCCCCCCCNS(=O)(=O)c1ccc(Cl)c(NC(=O)Nc2nn3c(c2C#N)C(C#N)=C(C(F)(F)F)C3=Nc2ccc(N(CCC#N)CCC#N)cc2C)c1. The van der Waals surface area contributed by atoms with Gasteiger partial charge in [0, 0.05) is 25.3 Å². The molecule has 3 aromatic rings. The lowest BCUT2D eigenvalue weighted by atomic mass is 10.0. The van der Waals surface area contributed by atoms with E-state index in [4.69, 9.17) is 22.1 Å². The number of carbonyl (C=O) groups excluding carboxylic acids is 1. The van der Waals surface area contributed by atoms with Crippen molar-refractivity contribution < 1.29 is 26.4 Å². The lowest BCUT2D eigenvalue weighted by Gasteiger charge is -2.23. The fraction of sp³-hybridized carbons (Fsp3) is 0.489. The Hall–Kier alpha value is -5.92. The second-order valence-corrected chi connectivity index (χ2v) is 17.6. The molecule has 0 saturated carbocycles. The molecule has 0 radical (unpaired) electrons. The summed E-state index contributed by atoms with van der Waals surface area (Å²) in [6, 6.07) is 14.6. The van der Waals surface area contributed by atoms with E-state index >= 15 is 0 Å². The Labute approximate surface area is 378 Å².